The van der Waals surface area contributed by atoms with E-state index in [9.17, 15) is 14.4 Å². The number of aryl methyl sites for hydroxylation is 1. The predicted octanol–water partition coefficient (Wildman–Crippen LogP) is 1.28. The van der Waals surface area contributed by atoms with Gasteiger partial charge in [0.25, 0.3) is 12.2 Å². The number of amides is 1. The van der Waals surface area contributed by atoms with E-state index >= 15 is 0 Å². The van der Waals surface area contributed by atoms with Crippen molar-refractivity contribution in [3.8, 4) is 11.4 Å². The van der Waals surface area contributed by atoms with Gasteiger partial charge in [0.1, 0.15) is 17.7 Å². The molecule has 1 aliphatic carbocycles. The summed E-state index contributed by atoms with van der Waals surface area (Å²) in [6.45, 7) is 10.4. The number of imidazole rings is 1. The molecule has 13 heteroatoms. The van der Waals surface area contributed by atoms with Crippen LogP contribution < -0.4 is 21.5 Å². The maximum absolute atomic E-state index is 13.1. The van der Waals surface area contributed by atoms with Crippen molar-refractivity contribution in [1.29, 1.82) is 0 Å². The molecule has 13 nitrogen and oxygen atoms in total. The Morgan fingerprint density at radius 2 is 1.97 bits per heavy atom. The highest BCUT2D eigenvalue weighted by molar-refractivity contribution is 5.93. The second-order valence-corrected chi connectivity index (χ2v) is 9.69. The van der Waals surface area contributed by atoms with Gasteiger partial charge in [-0.05, 0) is 43.4 Å². The van der Waals surface area contributed by atoms with Crippen LogP contribution in [0.4, 0.5) is 11.6 Å². The Labute approximate surface area is 216 Å². The standard InChI is InChI=1S/C25H24N10O3/c1-14(34-13-29-22-20(34)24(37)35(12-26-2)25(38)32(22)3)23(36)31-18-6-7-27-21(30-18)15-4-5-19(28-9-15)33-10-16-8-17(16)11-33/h4-7,9,13-14,16-17H,8,10-12H2,1,3H3,(H,27,30,31,36)/t14-,16?,17?/m0/s1. The number of carbonyl (C=O) groups excluding carboxylic acids is 1. The Morgan fingerprint density at radius 3 is 2.68 bits per heavy atom. The van der Waals surface area contributed by atoms with E-state index in [-0.39, 0.29) is 17.0 Å². The minimum Gasteiger partial charge on any atom is -0.356 e. The maximum atomic E-state index is 13.1. The van der Waals surface area contributed by atoms with Gasteiger partial charge in [0.2, 0.25) is 5.91 Å². The molecule has 38 heavy (non-hydrogen) atoms. The summed E-state index contributed by atoms with van der Waals surface area (Å²) < 4.78 is 3.39. The van der Waals surface area contributed by atoms with Crippen LogP contribution in [0.15, 0.2) is 46.5 Å². The SMILES string of the molecule is [C-]#[N+]Cn1c(=O)c2c(ncn2[C@@H](C)C(=O)Nc2ccnc(-c3ccc(N4CC5CC5C4)nc3)n2)n(C)c1=O. The number of nitrogens with zero attached hydrogens (tertiary/aromatic N) is 9. The van der Waals surface area contributed by atoms with Crippen LogP contribution in [-0.4, -0.2) is 52.6 Å². The van der Waals surface area contributed by atoms with Crippen molar-refractivity contribution in [2.45, 2.75) is 26.1 Å². The highest BCUT2D eigenvalue weighted by Gasteiger charge is 2.45. The quantitative estimate of drug-likeness (QED) is 0.382. The first-order valence-electron chi connectivity index (χ1n) is 12.2. The topological polar surface area (TPSA) is 137 Å². The molecule has 2 aliphatic rings. The van der Waals surface area contributed by atoms with Gasteiger partial charge in [0.15, 0.2) is 17.0 Å². The molecule has 0 spiro atoms. The van der Waals surface area contributed by atoms with Crippen molar-refractivity contribution >= 4 is 28.7 Å². The van der Waals surface area contributed by atoms with E-state index in [0.717, 1.165) is 40.9 Å². The minimum absolute atomic E-state index is 0.0586. The molecule has 5 heterocycles. The van der Waals surface area contributed by atoms with Gasteiger partial charge in [-0.25, -0.2) is 31.3 Å². The van der Waals surface area contributed by atoms with Gasteiger partial charge in [-0.3, -0.25) is 19.0 Å². The number of fused-ring (bicyclic) bond motifs is 2. The smallest absolute Gasteiger partial charge is 0.338 e. The van der Waals surface area contributed by atoms with Crippen LogP contribution in [0.5, 0.6) is 0 Å². The summed E-state index contributed by atoms with van der Waals surface area (Å²) in [6, 6.07) is 4.60. The summed E-state index contributed by atoms with van der Waals surface area (Å²) in [5.74, 6) is 2.84. The van der Waals surface area contributed by atoms with E-state index in [0.29, 0.717) is 5.82 Å². The minimum atomic E-state index is -0.863. The van der Waals surface area contributed by atoms with Gasteiger partial charge >= 0.3 is 5.69 Å². The number of hydrogen-bond acceptors (Lipinski definition) is 8. The number of anilines is 2. The molecule has 1 aliphatic heterocycles. The third kappa shape index (κ3) is 3.90. The van der Waals surface area contributed by atoms with Crippen molar-refractivity contribution in [3.63, 3.8) is 0 Å². The zero-order valence-corrected chi connectivity index (χ0v) is 20.8. The van der Waals surface area contributed by atoms with Crippen LogP contribution in [0, 0.1) is 18.4 Å². The van der Waals surface area contributed by atoms with Gasteiger partial charge in [-0.2, -0.15) is 4.57 Å². The lowest BCUT2D eigenvalue weighted by atomic mass is 10.2. The van der Waals surface area contributed by atoms with Gasteiger partial charge < -0.3 is 14.8 Å². The fraction of sp³-hybridized carbons (Fsp3) is 0.360. The molecule has 1 amide bonds. The highest BCUT2D eigenvalue weighted by atomic mass is 16.2. The molecule has 3 atom stereocenters. The molecule has 0 bridgehead atoms. The molecular formula is C25H24N10O3. The maximum Gasteiger partial charge on any atom is 0.338 e. The number of pyridine rings is 1. The summed E-state index contributed by atoms with van der Waals surface area (Å²) in [4.78, 5) is 61.5. The van der Waals surface area contributed by atoms with E-state index < -0.39 is 29.9 Å². The second-order valence-electron chi connectivity index (χ2n) is 9.69. The predicted molar refractivity (Wildman–Crippen MR) is 138 cm³/mol. The van der Waals surface area contributed by atoms with Crippen molar-refractivity contribution < 1.29 is 4.79 Å². The molecule has 1 N–H and O–H groups in total. The van der Waals surface area contributed by atoms with E-state index in [2.05, 4.69) is 35.0 Å². The normalized spacial score (nSPS) is 18.7. The molecule has 192 valence electrons. The summed E-state index contributed by atoms with van der Waals surface area (Å²) >= 11 is 0. The molecule has 1 saturated heterocycles. The van der Waals surface area contributed by atoms with E-state index in [4.69, 9.17) is 6.57 Å². The number of nitrogens with one attached hydrogen (secondary N) is 1. The molecule has 1 saturated carbocycles. The number of carbonyl (C=O) groups is 1. The van der Waals surface area contributed by atoms with Crippen LogP contribution in [0.3, 0.4) is 0 Å². The molecule has 2 fully saturated rings. The molecule has 2 unspecified atom stereocenters. The fourth-order valence-corrected chi connectivity index (χ4v) is 4.99. The first-order chi connectivity index (χ1) is 18.4. The Morgan fingerprint density at radius 1 is 1.18 bits per heavy atom. The number of piperidine rings is 1. The highest BCUT2D eigenvalue weighted by Crippen LogP contribution is 2.45. The van der Waals surface area contributed by atoms with Crippen LogP contribution in [0.2, 0.25) is 0 Å². The van der Waals surface area contributed by atoms with Gasteiger partial charge in [-0.15, -0.1) is 0 Å². The number of hydrogen-bond donors (Lipinski definition) is 1. The molecule has 6 rings (SSSR count). The van der Waals surface area contributed by atoms with E-state index in [1.807, 2.05) is 12.1 Å². The van der Waals surface area contributed by atoms with Gasteiger partial charge in [0, 0.05) is 38.1 Å². The zero-order valence-electron chi connectivity index (χ0n) is 20.8. The Kier molecular flexibility index (Phi) is 5.52. The summed E-state index contributed by atoms with van der Waals surface area (Å²) in [6.07, 6.45) is 5.95. The molecule has 4 aromatic heterocycles. The van der Waals surface area contributed by atoms with Crippen LogP contribution in [-0.2, 0) is 18.5 Å². The Hall–Kier alpha value is -4.86. The molecule has 4 aromatic rings. The first kappa shape index (κ1) is 23.5. The van der Waals surface area contributed by atoms with Gasteiger partial charge in [0.05, 0.1) is 6.33 Å². The summed E-state index contributed by atoms with van der Waals surface area (Å²) in [7, 11) is 1.46. The zero-order chi connectivity index (χ0) is 26.6. The summed E-state index contributed by atoms with van der Waals surface area (Å²) in [5.41, 5.74) is -0.407. The van der Waals surface area contributed by atoms with Crippen LogP contribution in [0.1, 0.15) is 19.4 Å². The van der Waals surface area contributed by atoms with Crippen molar-refractivity contribution in [2.75, 3.05) is 23.3 Å². The average Bonchev–Trinajstić information content (AvgIpc) is 3.32. The third-order valence-corrected chi connectivity index (χ3v) is 7.28. The van der Waals surface area contributed by atoms with Gasteiger partial charge in [-0.1, -0.05) is 0 Å². The lowest BCUT2D eigenvalue weighted by Crippen LogP contribution is -2.39. The van der Waals surface area contributed by atoms with Crippen LogP contribution >= 0.6 is 0 Å². The second kappa shape index (κ2) is 8.91. The van der Waals surface area contributed by atoms with E-state index in [1.54, 1.807) is 25.4 Å². The van der Waals surface area contributed by atoms with Crippen molar-refractivity contribution in [2.24, 2.45) is 18.9 Å². The van der Waals surface area contributed by atoms with Crippen molar-refractivity contribution in [1.82, 2.24) is 33.6 Å². The Balaban J connectivity index is 1.23. The lowest BCUT2D eigenvalue weighted by Gasteiger charge is -2.18. The van der Waals surface area contributed by atoms with Crippen molar-refractivity contribution in [3.05, 3.63) is 69.2 Å². The largest absolute Gasteiger partial charge is 0.356 e. The van der Waals surface area contributed by atoms with Crippen LogP contribution in [0.25, 0.3) is 27.4 Å². The molecular weight excluding hydrogens is 488 g/mol. The van der Waals surface area contributed by atoms with E-state index in [1.165, 1.54) is 28.9 Å². The Bertz CT molecular complexity index is 1720. The monoisotopic (exact) mass is 512 g/mol. The molecule has 0 aromatic carbocycles. The first-order valence-corrected chi connectivity index (χ1v) is 12.2. The fourth-order valence-electron chi connectivity index (χ4n) is 4.99. The summed E-state index contributed by atoms with van der Waals surface area (Å²) in [5, 5.41) is 2.76. The number of rotatable bonds is 6. The third-order valence-electron chi connectivity index (χ3n) is 7.28. The molecule has 0 radical (unpaired) electrons. The lowest BCUT2D eigenvalue weighted by molar-refractivity contribution is -0.118. The number of aromatic nitrogens is 7. The average molecular weight is 513 g/mol.